The number of carbonyl (C=O) groups is 1. The molecule has 0 aromatic carbocycles. The van der Waals surface area contributed by atoms with Gasteiger partial charge in [0.15, 0.2) is 0 Å². The Labute approximate surface area is 76.6 Å². The molecule has 12 heavy (non-hydrogen) atoms. The van der Waals surface area contributed by atoms with Crippen molar-refractivity contribution >= 4 is 5.78 Å². The van der Waals surface area contributed by atoms with Crippen molar-refractivity contribution in [2.45, 2.75) is 53.4 Å². The molecule has 2 atom stereocenters. The third kappa shape index (κ3) is 3.38. The number of hydrogen-bond acceptors (Lipinski definition) is 1. The molecule has 0 heterocycles. The van der Waals surface area contributed by atoms with Crippen molar-refractivity contribution in [1.82, 2.24) is 0 Å². The highest BCUT2D eigenvalue weighted by molar-refractivity contribution is 5.78. The van der Waals surface area contributed by atoms with Gasteiger partial charge in [-0.15, -0.1) is 0 Å². The fourth-order valence-corrected chi connectivity index (χ4v) is 1.92. The van der Waals surface area contributed by atoms with Gasteiger partial charge in [0.25, 0.3) is 0 Å². The number of Topliss-reactive ketones (excluding diaryl/α,β-unsaturated/α-hetero) is 1. The lowest BCUT2D eigenvalue weighted by Gasteiger charge is -2.26. The molecule has 72 valence electrons. The Morgan fingerprint density at radius 1 is 1.17 bits per heavy atom. The number of rotatable bonds is 1. The Kier molecular flexibility index (Phi) is 6.04. The predicted molar refractivity (Wildman–Crippen MR) is 53.2 cm³/mol. The van der Waals surface area contributed by atoms with E-state index >= 15 is 0 Å². The van der Waals surface area contributed by atoms with Crippen LogP contribution in [0.15, 0.2) is 0 Å². The van der Waals surface area contributed by atoms with Crippen LogP contribution in [0.3, 0.4) is 0 Å². The van der Waals surface area contributed by atoms with Gasteiger partial charge in [-0.2, -0.15) is 0 Å². The van der Waals surface area contributed by atoms with Crippen molar-refractivity contribution < 1.29 is 4.79 Å². The first-order chi connectivity index (χ1) is 5.72. The van der Waals surface area contributed by atoms with Gasteiger partial charge in [0.1, 0.15) is 5.78 Å². The quantitative estimate of drug-likeness (QED) is 0.589. The molecule has 0 aliphatic heterocycles. The minimum Gasteiger partial charge on any atom is -0.300 e. The zero-order valence-corrected chi connectivity index (χ0v) is 8.89. The van der Waals surface area contributed by atoms with Crippen molar-refractivity contribution in [3.8, 4) is 0 Å². The maximum Gasteiger partial charge on any atom is 0.133 e. The first kappa shape index (κ1) is 11.7. The molecule has 0 aromatic rings. The second kappa shape index (κ2) is 6.22. The summed E-state index contributed by atoms with van der Waals surface area (Å²) in [5.41, 5.74) is 0. The monoisotopic (exact) mass is 170 g/mol. The fourth-order valence-electron chi connectivity index (χ4n) is 1.92. The van der Waals surface area contributed by atoms with Crippen LogP contribution in [0.1, 0.15) is 53.4 Å². The Balaban J connectivity index is 0.000000561. The van der Waals surface area contributed by atoms with Crippen LogP contribution in [0.25, 0.3) is 0 Å². The minimum absolute atomic E-state index is 0.383. The molecule has 0 saturated heterocycles. The van der Waals surface area contributed by atoms with Gasteiger partial charge in [-0.3, -0.25) is 4.79 Å². The Morgan fingerprint density at radius 3 is 2.00 bits per heavy atom. The molecule has 1 fully saturated rings. The van der Waals surface area contributed by atoms with E-state index in [-0.39, 0.29) is 0 Å². The number of ketones is 1. The molecule has 1 nitrogen and oxygen atoms in total. The molecule has 0 aromatic heterocycles. The van der Waals surface area contributed by atoms with Crippen molar-refractivity contribution in [2.24, 2.45) is 11.8 Å². The minimum atomic E-state index is 0.383. The molecule has 0 amide bonds. The smallest absolute Gasteiger partial charge is 0.133 e. The number of hydrogen-bond donors (Lipinski definition) is 0. The summed E-state index contributed by atoms with van der Waals surface area (Å²) in [6.45, 7) is 7.93. The van der Waals surface area contributed by atoms with E-state index in [0.717, 1.165) is 6.42 Å². The van der Waals surface area contributed by atoms with Crippen LogP contribution in [0, 0.1) is 11.8 Å². The fraction of sp³-hybridized carbons (Fsp3) is 0.909. The van der Waals surface area contributed by atoms with Crippen LogP contribution >= 0.6 is 0 Å². The first-order valence-electron chi connectivity index (χ1n) is 5.22. The zero-order chi connectivity index (χ0) is 9.56. The summed E-state index contributed by atoms with van der Waals surface area (Å²) in [6, 6.07) is 0. The van der Waals surface area contributed by atoms with E-state index in [1.807, 2.05) is 13.8 Å². The van der Waals surface area contributed by atoms with E-state index in [2.05, 4.69) is 6.92 Å². The van der Waals surface area contributed by atoms with Gasteiger partial charge in [0.05, 0.1) is 0 Å². The molecule has 1 saturated carbocycles. The molecule has 0 N–H and O–H groups in total. The maximum atomic E-state index is 11.0. The van der Waals surface area contributed by atoms with Crippen molar-refractivity contribution in [3.63, 3.8) is 0 Å². The lowest BCUT2D eigenvalue weighted by molar-refractivity contribution is -0.123. The molecule has 1 heteroatoms. The van der Waals surface area contributed by atoms with Gasteiger partial charge in [0, 0.05) is 5.92 Å². The Hall–Kier alpha value is -0.330. The van der Waals surface area contributed by atoms with Crippen LogP contribution in [-0.2, 0) is 4.79 Å². The predicted octanol–water partition coefficient (Wildman–Crippen LogP) is 3.43. The van der Waals surface area contributed by atoms with Gasteiger partial charge in [-0.25, -0.2) is 0 Å². The SMILES string of the molecule is CC.CC(=O)[C@H]1CCCC[C@H]1C. The van der Waals surface area contributed by atoms with Gasteiger partial charge >= 0.3 is 0 Å². The van der Waals surface area contributed by atoms with E-state index < -0.39 is 0 Å². The Bertz CT molecular complexity index is 129. The van der Waals surface area contributed by atoms with Crippen molar-refractivity contribution in [3.05, 3.63) is 0 Å². The molecule has 0 unspecified atom stereocenters. The summed E-state index contributed by atoms with van der Waals surface area (Å²) in [7, 11) is 0. The van der Waals surface area contributed by atoms with E-state index in [1.54, 1.807) is 6.92 Å². The van der Waals surface area contributed by atoms with Gasteiger partial charge in [-0.05, 0) is 19.3 Å². The highest BCUT2D eigenvalue weighted by atomic mass is 16.1. The largest absolute Gasteiger partial charge is 0.300 e. The van der Waals surface area contributed by atoms with E-state index in [4.69, 9.17) is 0 Å². The Morgan fingerprint density at radius 2 is 1.67 bits per heavy atom. The highest BCUT2D eigenvalue weighted by Gasteiger charge is 2.24. The maximum absolute atomic E-state index is 11.0. The summed E-state index contributed by atoms with van der Waals surface area (Å²) in [5.74, 6) is 1.42. The summed E-state index contributed by atoms with van der Waals surface area (Å²) in [5, 5.41) is 0. The molecular formula is C11H22O. The normalized spacial score (nSPS) is 28.7. The molecule has 0 spiro atoms. The van der Waals surface area contributed by atoms with Crippen LogP contribution in [-0.4, -0.2) is 5.78 Å². The van der Waals surface area contributed by atoms with E-state index in [9.17, 15) is 4.79 Å². The van der Waals surface area contributed by atoms with Gasteiger partial charge < -0.3 is 0 Å². The molecule has 1 aliphatic carbocycles. The van der Waals surface area contributed by atoms with Gasteiger partial charge in [-0.1, -0.05) is 40.0 Å². The van der Waals surface area contributed by atoms with Crippen molar-refractivity contribution in [1.29, 1.82) is 0 Å². The second-order valence-corrected chi connectivity index (χ2v) is 3.48. The first-order valence-corrected chi connectivity index (χ1v) is 5.22. The standard InChI is InChI=1S/C9H16O.C2H6/c1-7-5-3-4-6-9(7)8(2)10;1-2/h7,9H,3-6H2,1-2H3;1-2H3/t7-,9+;/m1./s1. The topological polar surface area (TPSA) is 17.1 Å². The lowest BCUT2D eigenvalue weighted by Crippen LogP contribution is -2.22. The molecule has 1 rings (SSSR count). The second-order valence-electron chi connectivity index (χ2n) is 3.48. The molecule has 0 bridgehead atoms. The summed E-state index contributed by atoms with van der Waals surface area (Å²) in [6.07, 6.45) is 4.97. The lowest BCUT2D eigenvalue weighted by atomic mass is 9.78. The van der Waals surface area contributed by atoms with Crippen LogP contribution in [0.2, 0.25) is 0 Å². The summed E-state index contributed by atoms with van der Waals surface area (Å²) in [4.78, 5) is 11.0. The van der Waals surface area contributed by atoms with Crippen LogP contribution in [0.4, 0.5) is 0 Å². The third-order valence-corrected chi connectivity index (χ3v) is 2.63. The summed E-state index contributed by atoms with van der Waals surface area (Å²) < 4.78 is 0. The molecule has 1 aliphatic rings. The van der Waals surface area contributed by atoms with Crippen molar-refractivity contribution in [2.75, 3.05) is 0 Å². The average Bonchev–Trinajstić information content (AvgIpc) is 2.08. The highest BCUT2D eigenvalue weighted by Crippen LogP contribution is 2.29. The van der Waals surface area contributed by atoms with Crippen LogP contribution < -0.4 is 0 Å². The third-order valence-electron chi connectivity index (χ3n) is 2.63. The number of carbonyl (C=O) groups excluding carboxylic acids is 1. The van der Waals surface area contributed by atoms with Crippen LogP contribution in [0.5, 0.6) is 0 Å². The average molecular weight is 170 g/mol. The van der Waals surface area contributed by atoms with Gasteiger partial charge in [0.2, 0.25) is 0 Å². The molecule has 0 radical (unpaired) electrons. The summed E-state index contributed by atoms with van der Waals surface area (Å²) >= 11 is 0. The zero-order valence-electron chi connectivity index (χ0n) is 8.89. The van der Waals surface area contributed by atoms with E-state index in [1.165, 1.54) is 19.3 Å². The molecular weight excluding hydrogens is 148 g/mol. The van der Waals surface area contributed by atoms with E-state index in [0.29, 0.717) is 17.6 Å².